The molecular weight excluding hydrogens is 340 g/mol. The lowest BCUT2D eigenvalue weighted by molar-refractivity contribution is -0.00785. The smallest absolute Gasteiger partial charge is 0.253 e. The Bertz CT molecular complexity index is 880. The van der Waals surface area contributed by atoms with E-state index in [2.05, 4.69) is 15.2 Å². The Balaban J connectivity index is 1.40. The van der Waals surface area contributed by atoms with Crippen LogP contribution in [0, 0.1) is 0 Å². The van der Waals surface area contributed by atoms with Crippen molar-refractivity contribution in [3.05, 3.63) is 72.3 Å². The number of carbonyl (C=O) groups excluding carboxylic acids is 1. The number of pyridine rings is 1. The van der Waals surface area contributed by atoms with Gasteiger partial charge < -0.3 is 9.64 Å². The first-order valence-electron chi connectivity index (χ1n) is 9.19. The number of benzene rings is 1. The summed E-state index contributed by atoms with van der Waals surface area (Å²) in [6.07, 6.45) is 7.30. The van der Waals surface area contributed by atoms with Crippen molar-refractivity contribution < 1.29 is 9.53 Å². The third kappa shape index (κ3) is 4.23. The predicted octanol–water partition coefficient (Wildman–Crippen LogP) is 3.29. The molecule has 4 rings (SSSR count). The van der Waals surface area contributed by atoms with E-state index in [1.807, 2.05) is 53.6 Å². The van der Waals surface area contributed by atoms with Crippen LogP contribution in [0.1, 0.15) is 28.9 Å². The van der Waals surface area contributed by atoms with Crippen LogP contribution in [-0.2, 0) is 11.3 Å². The third-order valence-corrected chi connectivity index (χ3v) is 4.80. The average molecular weight is 362 g/mol. The number of nitrogens with one attached hydrogen (secondary N) is 1. The van der Waals surface area contributed by atoms with E-state index in [9.17, 15) is 4.79 Å². The fourth-order valence-corrected chi connectivity index (χ4v) is 3.37. The zero-order chi connectivity index (χ0) is 18.5. The third-order valence-electron chi connectivity index (χ3n) is 4.80. The number of rotatable bonds is 5. The van der Waals surface area contributed by atoms with Crippen molar-refractivity contribution in [2.75, 3.05) is 13.1 Å². The summed E-state index contributed by atoms with van der Waals surface area (Å²) in [7, 11) is 0. The second-order valence-electron chi connectivity index (χ2n) is 6.72. The molecule has 0 bridgehead atoms. The first-order valence-corrected chi connectivity index (χ1v) is 9.19. The molecule has 1 amide bonds. The van der Waals surface area contributed by atoms with E-state index < -0.39 is 0 Å². The van der Waals surface area contributed by atoms with E-state index in [0.717, 1.165) is 36.2 Å². The molecule has 1 saturated heterocycles. The van der Waals surface area contributed by atoms with Gasteiger partial charge in [0.05, 0.1) is 24.6 Å². The summed E-state index contributed by atoms with van der Waals surface area (Å²) < 4.78 is 6.00. The van der Waals surface area contributed by atoms with Gasteiger partial charge in [-0.05, 0) is 42.7 Å². The van der Waals surface area contributed by atoms with Crippen LogP contribution in [0.25, 0.3) is 11.1 Å². The quantitative estimate of drug-likeness (QED) is 0.756. The number of hydrogen-bond donors (Lipinski definition) is 1. The van der Waals surface area contributed by atoms with E-state index in [1.165, 1.54) is 0 Å². The number of aromatic nitrogens is 3. The second-order valence-corrected chi connectivity index (χ2v) is 6.72. The molecule has 0 saturated carbocycles. The van der Waals surface area contributed by atoms with Gasteiger partial charge in [-0.3, -0.25) is 14.9 Å². The summed E-state index contributed by atoms with van der Waals surface area (Å²) in [5.74, 6) is 0.0477. The molecule has 0 aliphatic carbocycles. The summed E-state index contributed by atoms with van der Waals surface area (Å²) >= 11 is 0. The van der Waals surface area contributed by atoms with Crippen LogP contribution in [0.4, 0.5) is 0 Å². The van der Waals surface area contributed by atoms with Crippen LogP contribution in [0.15, 0.2) is 61.1 Å². The van der Waals surface area contributed by atoms with E-state index in [0.29, 0.717) is 18.7 Å². The first kappa shape index (κ1) is 17.4. The van der Waals surface area contributed by atoms with Gasteiger partial charge in [0.15, 0.2) is 0 Å². The van der Waals surface area contributed by atoms with Crippen molar-refractivity contribution in [1.82, 2.24) is 20.1 Å². The van der Waals surface area contributed by atoms with Gasteiger partial charge in [0, 0.05) is 36.6 Å². The minimum absolute atomic E-state index is 0.0433. The largest absolute Gasteiger partial charge is 0.370 e. The van der Waals surface area contributed by atoms with Crippen LogP contribution in [0.2, 0.25) is 0 Å². The van der Waals surface area contributed by atoms with E-state index in [1.54, 1.807) is 12.4 Å². The van der Waals surface area contributed by atoms with Gasteiger partial charge in [-0.25, -0.2) is 0 Å². The highest BCUT2D eigenvalue weighted by molar-refractivity contribution is 5.95. The van der Waals surface area contributed by atoms with E-state index in [4.69, 9.17) is 4.74 Å². The summed E-state index contributed by atoms with van der Waals surface area (Å²) in [5, 5.41) is 6.78. The maximum atomic E-state index is 13.0. The van der Waals surface area contributed by atoms with Gasteiger partial charge in [0.1, 0.15) is 0 Å². The molecule has 138 valence electrons. The number of H-pyrrole nitrogens is 1. The lowest BCUT2D eigenvalue weighted by atomic mass is 10.0. The van der Waals surface area contributed by atoms with Crippen molar-refractivity contribution in [2.24, 2.45) is 0 Å². The lowest BCUT2D eigenvalue weighted by Crippen LogP contribution is -2.43. The summed E-state index contributed by atoms with van der Waals surface area (Å²) in [5.41, 5.74) is 3.56. The highest BCUT2D eigenvalue weighted by atomic mass is 16.5. The summed E-state index contributed by atoms with van der Waals surface area (Å²) in [4.78, 5) is 19.2. The topological polar surface area (TPSA) is 71.1 Å². The molecule has 27 heavy (non-hydrogen) atoms. The van der Waals surface area contributed by atoms with E-state index in [-0.39, 0.29) is 12.0 Å². The van der Waals surface area contributed by atoms with Gasteiger partial charge >= 0.3 is 0 Å². The maximum Gasteiger partial charge on any atom is 0.253 e. The van der Waals surface area contributed by atoms with Gasteiger partial charge in [-0.1, -0.05) is 18.2 Å². The Kier molecular flexibility index (Phi) is 5.25. The molecule has 3 heterocycles. The maximum absolute atomic E-state index is 13.0. The van der Waals surface area contributed by atoms with Crippen molar-refractivity contribution in [3.63, 3.8) is 0 Å². The second kappa shape index (κ2) is 8.14. The van der Waals surface area contributed by atoms with Crippen LogP contribution >= 0.6 is 0 Å². The standard InChI is InChI=1S/C21H22N4O2/c26-21(17-6-3-5-16(11-17)18-12-23-24-13-18)25-10-4-8-20(14-25)27-15-19-7-1-2-9-22-19/h1-3,5-7,9,11-13,20H,4,8,10,14-15H2,(H,23,24). The van der Waals surface area contributed by atoms with Crippen LogP contribution in [-0.4, -0.2) is 45.2 Å². The molecule has 6 heteroatoms. The monoisotopic (exact) mass is 362 g/mol. The molecule has 1 aliphatic rings. The lowest BCUT2D eigenvalue weighted by Gasteiger charge is -2.32. The van der Waals surface area contributed by atoms with Gasteiger partial charge in [0.2, 0.25) is 0 Å². The Morgan fingerprint density at radius 1 is 1.22 bits per heavy atom. The Morgan fingerprint density at radius 3 is 3.00 bits per heavy atom. The Morgan fingerprint density at radius 2 is 2.19 bits per heavy atom. The van der Waals surface area contributed by atoms with E-state index >= 15 is 0 Å². The number of amides is 1. The zero-order valence-corrected chi connectivity index (χ0v) is 15.0. The molecule has 3 aromatic rings. The highest BCUT2D eigenvalue weighted by Crippen LogP contribution is 2.22. The van der Waals surface area contributed by atoms with Crippen molar-refractivity contribution in [2.45, 2.75) is 25.6 Å². The number of aromatic amines is 1. The van der Waals surface area contributed by atoms with Crippen LogP contribution < -0.4 is 0 Å². The number of piperidine rings is 1. The minimum Gasteiger partial charge on any atom is -0.370 e. The number of ether oxygens (including phenoxy) is 1. The average Bonchev–Trinajstić information content (AvgIpc) is 3.28. The fraction of sp³-hybridized carbons (Fsp3) is 0.286. The van der Waals surface area contributed by atoms with Crippen molar-refractivity contribution >= 4 is 5.91 Å². The molecule has 6 nitrogen and oxygen atoms in total. The molecule has 1 atom stereocenters. The SMILES string of the molecule is O=C(c1cccc(-c2cn[nH]c2)c1)N1CCCC(OCc2ccccn2)C1. The van der Waals surface area contributed by atoms with Crippen LogP contribution in [0.5, 0.6) is 0 Å². The molecule has 2 aromatic heterocycles. The molecule has 0 spiro atoms. The molecule has 1 N–H and O–H groups in total. The van der Waals surface area contributed by atoms with Gasteiger partial charge in [0.25, 0.3) is 5.91 Å². The predicted molar refractivity (Wildman–Crippen MR) is 102 cm³/mol. The number of nitrogens with zero attached hydrogens (tertiary/aromatic N) is 3. The van der Waals surface area contributed by atoms with Gasteiger partial charge in [-0.2, -0.15) is 5.10 Å². The van der Waals surface area contributed by atoms with Crippen LogP contribution in [0.3, 0.4) is 0 Å². The molecule has 1 fully saturated rings. The molecule has 1 unspecified atom stereocenters. The van der Waals surface area contributed by atoms with Crippen molar-refractivity contribution in [1.29, 1.82) is 0 Å². The fourth-order valence-electron chi connectivity index (χ4n) is 3.37. The Labute approximate surface area is 158 Å². The molecule has 1 aliphatic heterocycles. The summed E-state index contributed by atoms with van der Waals surface area (Å²) in [6, 6.07) is 13.5. The van der Waals surface area contributed by atoms with Crippen molar-refractivity contribution in [3.8, 4) is 11.1 Å². The number of hydrogen-bond acceptors (Lipinski definition) is 4. The molecule has 1 aromatic carbocycles. The normalized spacial score (nSPS) is 17.0. The minimum atomic E-state index is 0.0433. The number of likely N-dealkylation sites (tertiary alicyclic amines) is 1. The molecular formula is C21H22N4O2. The molecule has 0 radical (unpaired) electrons. The highest BCUT2D eigenvalue weighted by Gasteiger charge is 2.25. The summed E-state index contributed by atoms with van der Waals surface area (Å²) in [6.45, 7) is 1.85. The first-order chi connectivity index (χ1) is 13.3. The Hall–Kier alpha value is -2.99. The van der Waals surface area contributed by atoms with Gasteiger partial charge in [-0.15, -0.1) is 0 Å². The number of carbonyl (C=O) groups is 1. The zero-order valence-electron chi connectivity index (χ0n) is 15.0.